The molecule has 0 bridgehead atoms. The molecule has 1 fully saturated rings. The van der Waals surface area contributed by atoms with Crippen LogP contribution in [0, 0.1) is 17.1 Å². The summed E-state index contributed by atoms with van der Waals surface area (Å²) >= 11 is 0. The van der Waals surface area contributed by atoms with E-state index in [1.165, 1.54) is 25.0 Å². The lowest BCUT2D eigenvalue weighted by Crippen LogP contribution is -2.17. The van der Waals surface area contributed by atoms with Crippen molar-refractivity contribution in [3.8, 4) is 11.8 Å². The molecule has 0 aliphatic carbocycles. The van der Waals surface area contributed by atoms with Crippen molar-refractivity contribution in [1.29, 1.82) is 5.26 Å². The van der Waals surface area contributed by atoms with Crippen molar-refractivity contribution in [2.24, 2.45) is 0 Å². The molecule has 0 amide bonds. The molecule has 1 saturated heterocycles. The molecule has 4 heteroatoms. The van der Waals surface area contributed by atoms with Crippen molar-refractivity contribution in [2.75, 3.05) is 25.1 Å². The summed E-state index contributed by atoms with van der Waals surface area (Å²) in [5.74, 6) is 0.355. The molecule has 1 aliphatic rings. The number of hydrogen-bond donors (Lipinski definition) is 0. The summed E-state index contributed by atoms with van der Waals surface area (Å²) in [6.45, 7) is 2.12. The summed E-state index contributed by atoms with van der Waals surface area (Å²) in [5.41, 5.74) is 2.90. The fourth-order valence-electron chi connectivity index (χ4n) is 2.98. The average molecular weight is 322 g/mol. The number of hydrogen-bond acceptors (Lipinski definition) is 3. The van der Waals surface area contributed by atoms with E-state index < -0.39 is 0 Å². The van der Waals surface area contributed by atoms with Crippen LogP contribution in [0.3, 0.4) is 0 Å². The molecule has 0 aromatic heterocycles. The Hall–Kier alpha value is -2.80. The fourth-order valence-corrected chi connectivity index (χ4v) is 2.98. The SMILES string of the molecule is COc1cc(N2CCCC2)ccc1/C=C(/C#N)c1cccc(F)c1. The average Bonchev–Trinajstić information content (AvgIpc) is 3.14. The molecule has 0 radical (unpaired) electrons. The van der Waals surface area contributed by atoms with Gasteiger partial charge in [0, 0.05) is 30.4 Å². The van der Waals surface area contributed by atoms with Gasteiger partial charge in [-0.2, -0.15) is 5.26 Å². The lowest BCUT2D eigenvalue weighted by molar-refractivity contribution is 0.414. The number of nitrogens with zero attached hydrogens (tertiary/aromatic N) is 2. The van der Waals surface area contributed by atoms with Gasteiger partial charge in [-0.1, -0.05) is 12.1 Å². The van der Waals surface area contributed by atoms with Gasteiger partial charge in [0.25, 0.3) is 0 Å². The third-order valence-corrected chi connectivity index (χ3v) is 4.24. The molecule has 3 nitrogen and oxygen atoms in total. The molecule has 3 rings (SSSR count). The van der Waals surface area contributed by atoms with Crippen LogP contribution < -0.4 is 9.64 Å². The third-order valence-electron chi connectivity index (χ3n) is 4.24. The fraction of sp³-hybridized carbons (Fsp3) is 0.250. The summed E-state index contributed by atoms with van der Waals surface area (Å²) in [6.07, 6.45) is 4.16. The quantitative estimate of drug-likeness (QED) is 0.614. The third kappa shape index (κ3) is 3.41. The Balaban J connectivity index is 1.97. The lowest BCUT2D eigenvalue weighted by Gasteiger charge is -2.19. The minimum absolute atomic E-state index is 0.356. The molecule has 1 heterocycles. The van der Waals surface area contributed by atoms with Crippen LogP contribution in [0.1, 0.15) is 24.0 Å². The zero-order valence-corrected chi connectivity index (χ0v) is 13.6. The predicted molar refractivity (Wildman–Crippen MR) is 94.3 cm³/mol. The Kier molecular flexibility index (Phi) is 4.81. The van der Waals surface area contributed by atoms with Gasteiger partial charge >= 0.3 is 0 Å². The van der Waals surface area contributed by atoms with Crippen LogP contribution in [0.15, 0.2) is 42.5 Å². The molecule has 1 aliphatic heterocycles. The Labute approximate surface area is 141 Å². The van der Waals surface area contributed by atoms with Gasteiger partial charge in [-0.05, 0) is 48.7 Å². The minimum Gasteiger partial charge on any atom is -0.496 e. The lowest BCUT2D eigenvalue weighted by atomic mass is 10.0. The maximum Gasteiger partial charge on any atom is 0.128 e. The predicted octanol–water partition coefficient (Wildman–Crippen LogP) is 4.50. The maximum atomic E-state index is 13.4. The topological polar surface area (TPSA) is 36.3 Å². The van der Waals surface area contributed by atoms with Crippen LogP contribution in [-0.4, -0.2) is 20.2 Å². The van der Waals surface area contributed by atoms with Crippen LogP contribution in [-0.2, 0) is 0 Å². The monoisotopic (exact) mass is 322 g/mol. The summed E-state index contributed by atoms with van der Waals surface area (Å²) in [5, 5.41) is 9.43. The molecular formula is C20H19FN2O. The second-order valence-corrected chi connectivity index (χ2v) is 5.80. The van der Waals surface area contributed by atoms with E-state index in [-0.39, 0.29) is 5.82 Å². The zero-order valence-electron chi connectivity index (χ0n) is 13.6. The van der Waals surface area contributed by atoms with Crippen LogP contribution in [0.2, 0.25) is 0 Å². The molecule has 0 saturated carbocycles. The number of benzene rings is 2. The van der Waals surface area contributed by atoms with Gasteiger partial charge in [0.15, 0.2) is 0 Å². The van der Waals surface area contributed by atoms with Crippen molar-refractivity contribution >= 4 is 17.3 Å². The molecule has 0 spiro atoms. The van der Waals surface area contributed by atoms with Gasteiger partial charge in [0.2, 0.25) is 0 Å². The minimum atomic E-state index is -0.356. The molecule has 24 heavy (non-hydrogen) atoms. The van der Waals surface area contributed by atoms with Crippen molar-refractivity contribution in [3.05, 3.63) is 59.4 Å². The maximum absolute atomic E-state index is 13.4. The second kappa shape index (κ2) is 7.18. The molecule has 0 unspecified atom stereocenters. The van der Waals surface area contributed by atoms with E-state index in [1.807, 2.05) is 18.2 Å². The highest BCUT2D eigenvalue weighted by atomic mass is 19.1. The number of nitriles is 1. The number of ether oxygens (including phenoxy) is 1. The van der Waals surface area contributed by atoms with Crippen molar-refractivity contribution in [2.45, 2.75) is 12.8 Å². The van der Waals surface area contributed by atoms with Crippen LogP contribution in [0.25, 0.3) is 11.6 Å². The molecule has 2 aromatic carbocycles. The van der Waals surface area contributed by atoms with Gasteiger partial charge in [0.1, 0.15) is 11.6 Å². The normalized spacial score (nSPS) is 14.5. The van der Waals surface area contributed by atoms with Crippen molar-refractivity contribution < 1.29 is 9.13 Å². The van der Waals surface area contributed by atoms with E-state index >= 15 is 0 Å². The Morgan fingerprint density at radius 2 is 2.00 bits per heavy atom. The van der Waals surface area contributed by atoms with E-state index in [0.717, 1.165) is 24.3 Å². The Bertz CT molecular complexity index is 802. The van der Waals surface area contributed by atoms with Crippen LogP contribution in [0.4, 0.5) is 10.1 Å². The van der Waals surface area contributed by atoms with Gasteiger partial charge in [-0.25, -0.2) is 4.39 Å². The largest absolute Gasteiger partial charge is 0.496 e. The zero-order chi connectivity index (χ0) is 16.9. The Morgan fingerprint density at radius 3 is 2.67 bits per heavy atom. The van der Waals surface area contributed by atoms with Crippen molar-refractivity contribution in [3.63, 3.8) is 0 Å². The highest BCUT2D eigenvalue weighted by Gasteiger charge is 2.14. The van der Waals surface area contributed by atoms with E-state index in [9.17, 15) is 9.65 Å². The first-order valence-corrected chi connectivity index (χ1v) is 8.02. The van der Waals surface area contributed by atoms with Gasteiger partial charge in [-0.3, -0.25) is 0 Å². The molecular weight excluding hydrogens is 303 g/mol. The number of halogens is 1. The van der Waals surface area contributed by atoms with E-state index in [4.69, 9.17) is 4.74 Å². The smallest absolute Gasteiger partial charge is 0.128 e. The standard InChI is InChI=1S/C20H19FN2O/c1-24-20-13-19(23-9-2-3-10-23)8-7-16(20)11-17(14-22)15-5-4-6-18(21)12-15/h4-8,11-13H,2-3,9-10H2,1H3/b17-11-. The number of allylic oxidation sites excluding steroid dienone is 1. The van der Waals surface area contributed by atoms with Gasteiger partial charge in [-0.15, -0.1) is 0 Å². The summed E-state index contributed by atoms with van der Waals surface area (Å²) < 4.78 is 18.9. The first-order chi connectivity index (χ1) is 11.7. The van der Waals surface area contributed by atoms with Crippen LogP contribution in [0.5, 0.6) is 5.75 Å². The molecule has 0 N–H and O–H groups in total. The molecule has 122 valence electrons. The van der Waals surface area contributed by atoms with E-state index in [2.05, 4.69) is 11.0 Å². The first-order valence-electron chi connectivity index (χ1n) is 8.02. The number of anilines is 1. The summed E-state index contributed by atoms with van der Waals surface area (Å²) in [4.78, 5) is 2.33. The highest BCUT2D eigenvalue weighted by Crippen LogP contribution is 2.30. The number of methoxy groups -OCH3 is 1. The van der Waals surface area contributed by atoms with Gasteiger partial charge in [0.05, 0.1) is 18.8 Å². The first kappa shape index (κ1) is 16.1. The van der Waals surface area contributed by atoms with Crippen LogP contribution >= 0.6 is 0 Å². The summed E-state index contributed by atoms with van der Waals surface area (Å²) in [6, 6.07) is 14.2. The molecule has 0 atom stereocenters. The van der Waals surface area contributed by atoms with E-state index in [1.54, 1.807) is 25.3 Å². The highest BCUT2D eigenvalue weighted by molar-refractivity contribution is 5.91. The van der Waals surface area contributed by atoms with E-state index in [0.29, 0.717) is 16.9 Å². The second-order valence-electron chi connectivity index (χ2n) is 5.80. The van der Waals surface area contributed by atoms with Crippen molar-refractivity contribution in [1.82, 2.24) is 0 Å². The molecule has 2 aromatic rings. The summed E-state index contributed by atoms with van der Waals surface area (Å²) in [7, 11) is 1.62. The number of rotatable bonds is 4. The van der Waals surface area contributed by atoms with Gasteiger partial charge < -0.3 is 9.64 Å². The Morgan fingerprint density at radius 1 is 1.21 bits per heavy atom.